The van der Waals surface area contributed by atoms with E-state index in [0.717, 1.165) is 23.5 Å². The van der Waals surface area contributed by atoms with Crippen LogP contribution >= 0.6 is 11.3 Å². The highest BCUT2D eigenvalue weighted by atomic mass is 32.1. The van der Waals surface area contributed by atoms with Crippen molar-refractivity contribution in [2.45, 2.75) is 52.0 Å². The van der Waals surface area contributed by atoms with Crippen molar-refractivity contribution in [2.24, 2.45) is 0 Å². The van der Waals surface area contributed by atoms with Crippen LogP contribution in [0.5, 0.6) is 0 Å². The zero-order valence-electron chi connectivity index (χ0n) is 13.0. The molecular formula is C15H19N3O3S. The van der Waals surface area contributed by atoms with Gasteiger partial charge in [0.2, 0.25) is 0 Å². The van der Waals surface area contributed by atoms with Crippen LogP contribution in [-0.4, -0.2) is 27.3 Å². The van der Waals surface area contributed by atoms with Gasteiger partial charge >= 0.3 is 5.97 Å². The number of thiazole rings is 1. The van der Waals surface area contributed by atoms with E-state index in [2.05, 4.69) is 10.1 Å². The molecule has 2 aromatic heterocycles. The largest absolute Gasteiger partial charge is 0.465 e. The van der Waals surface area contributed by atoms with Gasteiger partial charge in [0.05, 0.1) is 17.3 Å². The Bertz CT molecular complexity index is 774. The van der Waals surface area contributed by atoms with Crippen LogP contribution in [0.2, 0.25) is 0 Å². The van der Waals surface area contributed by atoms with Gasteiger partial charge in [-0.05, 0) is 25.7 Å². The number of fused-ring (bicyclic) bond motifs is 1. The molecule has 0 aromatic carbocycles. The maximum Gasteiger partial charge on any atom is 0.327 e. The molecule has 2 heterocycles. The fraction of sp³-hybridized carbons (Fsp3) is 0.600. The van der Waals surface area contributed by atoms with Gasteiger partial charge in [-0.15, -0.1) is 11.3 Å². The van der Waals surface area contributed by atoms with Crippen molar-refractivity contribution >= 4 is 27.5 Å². The van der Waals surface area contributed by atoms with E-state index in [1.807, 2.05) is 13.8 Å². The molecule has 0 atom stereocenters. The molecule has 0 bridgehead atoms. The number of hydrogen-bond donors (Lipinski definition) is 0. The van der Waals surface area contributed by atoms with E-state index in [1.54, 1.807) is 6.92 Å². The van der Waals surface area contributed by atoms with Gasteiger partial charge < -0.3 is 4.74 Å². The van der Waals surface area contributed by atoms with Crippen LogP contribution in [0.25, 0.3) is 10.2 Å². The fourth-order valence-corrected chi connectivity index (χ4v) is 3.51. The first kappa shape index (κ1) is 15.1. The lowest BCUT2D eigenvalue weighted by atomic mass is 10.1. The topological polar surface area (TPSA) is 74.1 Å². The molecule has 3 rings (SSSR count). The van der Waals surface area contributed by atoms with Gasteiger partial charge in [0.15, 0.2) is 0 Å². The molecule has 0 amide bonds. The van der Waals surface area contributed by atoms with Crippen molar-refractivity contribution in [3.05, 3.63) is 21.1 Å². The Morgan fingerprint density at radius 1 is 1.45 bits per heavy atom. The van der Waals surface area contributed by atoms with E-state index in [0.29, 0.717) is 22.7 Å². The molecule has 0 unspecified atom stereocenters. The summed E-state index contributed by atoms with van der Waals surface area (Å²) in [5.74, 6) is 0.180. The van der Waals surface area contributed by atoms with Crippen LogP contribution in [0.15, 0.2) is 4.79 Å². The number of ether oxygens (including phenoxy) is 1. The molecule has 2 aromatic rings. The Morgan fingerprint density at radius 2 is 2.18 bits per heavy atom. The van der Waals surface area contributed by atoms with E-state index >= 15 is 0 Å². The second-order valence-electron chi connectivity index (χ2n) is 5.81. The highest BCUT2D eigenvalue weighted by Gasteiger charge is 2.29. The molecule has 0 N–H and O–H groups in total. The SMILES string of the molecule is CCOC(=O)Cn1nc(C(C)C)c2nc(C3CC3)sc2c1=O. The summed E-state index contributed by atoms with van der Waals surface area (Å²) in [4.78, 5) is 28.9. The highest BCUT2D eigenvalue weighted by Crippen LogP contribution is 2.43. The number of nitrogens with zero attached hydrogens (tertiary/aromatic N) is 3. The van der Waals surface area contributed by atoms with E-state index in [1.165, 1.54) is 16.0 Å². The van der Waals surface area contributed by atoms with Crippen molar-refractivity contribution in [1.29, 1.82) is 0 Å². The molecule has 1 saturated carbocycles. The normalized spacial score (nSPS) is 14.7. The minimum Gasteiger partial charge on any atom is -0.465 e. The van der Waals surface area contributed by atoms with Gasteiger partial charge in [0.1, 0.15) is 16.8 Å². The molecule has 6 nitrogen and oxygen atoms in total. The van der Waals surface area contributed by atoms with Crippen LogP contribution in [0.3, 0.4) is 0 Å². The standard InChI is InChI=1S/C15H19N3O3S/c1-4-21-10(19)7-18-15(20)13-12(11(17-18)8(2)3)16-14(22-13)9-5-6-9/h8-9H,4-7H2,1-3H3. The number of carbonyl (C=O) groups is 1. The fourth-order valence-electron chi connectivity index (χ4n) is 2.33. The van der Waals surface area contributed by atoms with Crippen molar-refractivity contribution in [1.82, 2.24) is 14.8 Å². The van der Waals surface area contributed by atoms with Crippen LogP contribution in [0, 0.1) is 0 Å². The third kappa shape index (κ3) is 2.77. The smallest absolute Gasteiger partial charge is 0.327 e. The molecule has 118 valence electrons. The van der Waals surface area contributed by atoms with E-state index < -0.39 is 5.97 Å². The third-order valence-electron chi connectivity index (χ3n) is 3.60. The number of esters is 1. The maximum atomic E-state index is 12.6. The Morgan fingerprint density at radius 3 is 2.77 bits per heavy atom. The molecule has 0 aliphatic heterocycles. The summed E-state index contributed by atoms with van der Waals surface area (Å²) in [5.41, 5.74) is 1.21. The summed E-state index contributed by atoms with van der Waals surface area (Å²) in [6, 6.07) is 0. The number of hydrogen-bond acceptors (Lipinski definition) is 6. The molecule has 1 aliphatic rings. The zero-order chi connectivity index (χ0) is 15.9. The maximum absolute atomic E-state index is 12.6. The van der Waals surface area contributed by atoms with Crippen LogP contribution < -0.4 is 5.56 Å². The molecule has 1 aliphatic carbocycles. The van der Waals surface area contributed by atoms with Crippen LogP contribution in [-0.2, 0) is 16.1 Å². The molecule has 7 heteroatoms. The summed E-state index contributed by atoms with van der Waals surface area (Å²) in [6.45, 7) is 5.90. The first-order valence-corrected chi connectivity index (χ1v) is 8.40. The second kappa shape index (κ2) is 5.79. The first-order chi connectivity index (χ1) is 10.5. The van der Waals surface area contributed by atoms with Crippen molar-refractivity contribution < 1.29 is 9.53 Å². The van der Waals surface area contributed by atoms with Gasteiger partial charge in [-0.2, -0.15) is 5.10 Å². The number of aromatic nitrogens is 3. The summed E-state index contributed by atoms with van der Waals surface area (Å²) in [7, 11) is 0. The molecular weight excluding hydrogens is 302 g/mol. The quantitative estimate of drug-likeness (QED) is 0.791. The lowest BCUT2D eigenvalue weighted by Gasteiger charge is -2.09. The Balaban J connectivity index is 2.11. The lowest BCUT2D eigenvalue weighted by Crippen LogP contribution is -2.28. The minimum atomic E-state index is -0.446. The lowest BCUT2D eigenvalue weighted by molar-refractivity contribution is -0.144. The van der Waals surface area contributed by atoms with Gasteiger partial charge in [0, 0.05) is 5.92 Å². The van der Waals surface area contributed by atoms with Crippen molar-refractivity contribution in [3.8, 4) is 0 Å². The molecule has 22 heavy (non-hydrogen) atoms. The minimum absolute atomic E-state index is 0.130. The first-order valence-electron chi connectivity index (χ1n) is 7.58. The average molecular weight is 321 g/mol. The van der Waals surface area contributed by atoms with Gasteiger partial charge in [-0.3, -0.25) is 9.59 Å². The third-order valence-corrected chi connectivity index (χ3v) is 4.81. The predicted octanol–water partition coefficient (Wildman–Crippen LogP) is 2.42. The van der Waals surface area contributed by atoms with Crippen molar-refractivity contribution in [2.75, 3.05) is 6.61 Å². The monoisotopic (exact) mass is 321 g/mol. The van der Waals surface area contributed by atoms with Gasteiger partial charge in [-0.25, -0.2) is 9.67 Å². The Hall–Kier alpha value is -1.76. The Labute approximate surface area is 132 Å². The molecule has 0 saturated heterocycles. The molecule has 0 radical (unpaired) electrons. The molecule has 0 spiro atoms. The van der Waals surface area contributed by atoms with Gasteiger partial charge in [0.25, 0.3) is 5.56 Å². The van der Waals surface area contributed by atoms with Crippen LogP contribution in [0.1, 0.15) is 56.2 Å². The van der Waals surface area contributed by atoms with Crippen molar-refractivity contribution in [3.63, 3.8) is 0 Å². The summed E-state index contributed by atoms with van der Waals surface area (Å²) in [6.07, 6.45) is 2.28. The van der Waals surface area contributed by atoms with Crippen LogP contribution in [0.4, 0.5) is 0 Å². The van der Waals surface area contributed by atoms with E-state index in [4.69, 9.17) is 4.74 Å². The predicted molar refractivity (Wildman–Crippen MR) is 84.4 cm³/mol. The average Bonchev–Trinajstić information content (AvgIpc) is 3.21. The van der Waals surface area contributed by atoms with E-state index in [9.17, 15) is 9.59 Å². The second-order valence-corrected chi connectivity index (χ2v) is 6.84. The summed E-state index contributed by atoms with van der Waals surface area (Å²) >= 11 is 1.44. The van der Waals surface area contributed by atoms with E-state index in [-0.39, 0.29) is 18.0 Å². The summed E-state index contributed by atoms with van der Waals surface area (Å²) in [5, 5.41) is 5.38. The highest BCUT2D eigenvalue weighted by molar-refractivity contribution is 7.18. The number of carbonyl (C=O) groups excluding carboxylic acids is 1. The number of rotatable bonds is 5. The zero-order valence-corrected chi connectivity index (χ0v) is 13.8. The van der Waals surface area contributed by atoms with Gasteiger partial charge in [-0.1, -0.05) is 13.8 Å². The summed E-state index contributed by atoms with van der Waals surface area (Å²) < 4.78 is 6.73. The Kier molecular flexibility index (Phi) is 3.99. The molecule has 1 fully saturated rings.